The zero-order chi connectivity index (χ0) is 9.26. The van der Waals surface area contributed by atoms with Gasteiger partial charge in [0.1, 0.15) is 0 Å². The number of hydrogen-bond acceptors (Lipinski definition) is 1. The molecule has 0 amide bonds. The first-order valence-electron chi connectivity index (χ1n) is 3.61. The van der Waals surface area contributed by atoms with Crippen molar-refractivity contribution in [2.75, 3.05) is 0 Å². The molecule has 0 aliphatic rings. The highest BCUT2D eigenvalue weighted by molar-refractivity contribution is 5.23. The van der Waals surface area contributed by atoms with E-state index in [0.29, 0.717) is 0 Å². The number of nitrogens with one attached hydrogen (secondary N) is 2. The molecule has 0 bridgehead atoms. The largest absolute Gasteiger partial charge is 0.418 e. The Morgan fingerprint density at radius 1 is 0.923 bits per heavy atom. The summed E-state index contributed by atoms with van der Waals surface area (Å²) in [5, 5.41) is 0. The van der Waals surface area contributed by atoms with Crippen LogP contribution >= 0.6 is 0 Å². The molecule has 2 aromatic rings. The van der Waals surface area contributed by atoms with Gasteiger partial charge in [-0.3, -0.25) is 0 Å². The number of rotatable bonds is 2. The van der Waals surface area contributed by atoms with Gasteiger partial charge in [0.15, 0.2) is 11.6 Å². The van der Waals surface area contributed by atoms with Crippen LogP contribution < -0.4 is 4.74 Å². The van der Waals surface area contributed by atoms with Crippen molar-refractivity contribution >= 4 is 0 Å². The Bertz CT molecular complexity index is 369. The maximum atomic E-state index is 12.8. The van der Waals surface area contributed by atoms with Crippen molar-refractivity contribution in [3.63, 3.8) is 0 Å². The Kier molecular flexibility index (Phi) is 1.77. The molecule has 2 N–H and O–H groups in total. The highest BCUT2D eigenvalue weighted by Gasteiger charge is 2.09. The lowest BCUT2D eigenvalue weighted by Gasteiger charge is -1.99. The maximum absolute atomic E-state index is 12.8. The van der Waals surface area contributed by atoms with E-state index in [1.807, 2.05) is 0 Å². The second-order valence-corrected chi connectivity index (χ2v) is 2.41. The van der Waals surface area contributed by atoms with E-state index in [1.54, 1.807) is 0 Å². The lowest BCUT2D eigenvalue weighted by atomic mass is 10.6. The summed E-state index contributed by atoms with van der Waals surface area (Å²) >= 11 is 0. The SMILES string of the molecule is Fc1cc[nH]c1Oc1[nH]ccc1F. The van der Waals surface area contributed by atoms with Crippen LogP contribution in [0.2, 0.25) is 0 Å². The third-order valence-corrected chi connectivity index (χ3v) is 1.53. The summed E-state index contributed by atoms with van der Waals surface area (Å²) in [6, 6.07) is 2.38. The molecule has 68 valence electrons. The van der Waals surface area contributed by atoms with Crippen molar-refractivity contribution in [3.8, 4) is 11.8 Å². The van der Waals surface area contributed by atoms with Crippen molar-refractivity contribution in [2.45, 2.75) is 0 Å². The van der Waals surface area contributed by atoms with E-state index in [-0.39, 0.29) is 11.8 Å². The number of H-pyrrole nitrogens is 2. The zero-order valence-corrected chi connectivity index (χ0v) is 6.47. The van der Waals surface area contributed by atoms with E-state index in [0.717, 1.165) is 0 Å². The van der Waals surface area contributed by atoms with E-state index < -0.39 is 11.6 Å². The van der Waals surface area contributed by atoms with Gasteiger partial charge in [-0.05, 0) is 12.1 Å². The van der Waals surface area contributed by atoms with Crippen LogP contribution in [0.4, 0.5) is 8.78 Å². The highest BCUT2D eigenvalue weighted by Crippen LogP contribution is 2.22. The summed E-state index contributed by atoms with van der Waals surface area (Å²) in [6.07, 6.45) is 2.73. The minimum atomic E-state index is -0.561. The highest BCUT2D eigenvalue weighted by atomic mass is 19.1. The van der Waals surface area contributed by atoms with E-state index >= 15 is 0 Å². The Morgan fingerprint density at radius 3 is 1.69 bits per heavy atom. The van der Waals surface area contributed by atoms with Crippen molar-refractivity contribution in [1.82, 2.24) is 9.97 Å². The predicted molar refractivity (Wildman–Crippen MR) is 41.6 cm³/mol. The van der Waals surface area contributed by atoms with Gasteiger partial charge in [0.25, 0.3) is 0 Å². The summed E-state index contributed by atoms with van der Waals surface area (Å²) in [7, 11) is 0. The predicted octanol–water partition coefficient (Wildman–Crippen LogP) is 2.41. The van der Waals surface area contributed by atoms with E-state index in [2.05, 4.69) is 9.97 Å². The second kappa shape index (κ2) is 2.93. The van der Waals surface area contributed by atoms with Crippen LogP contribution in [0.1, 0.15) is 0 Å². The normalized spacial score (nSPS) is 10.3. The van der Waals surface area contributed by atoms with Crippen LogP contribution in [0.3, 0.4) is 0 Å². The number of hydrogen-bond donors (Lipinski definition) is 2. The molecule has 0 aromatic carbocycles. The van der Waals surface area contributed by atoms with Crippen molar-refractivity contribution in [3.05, 3.63) is 36.2 Å². The Hall–Kier alpha value is -1.78. The average molecular weight is 184 g/mol. The molecule has 0 atom stereocenters. The van der Waals surface area contributed by atoms with Gasteiger partial charge in [-0.1, -0.05) is 0 Å². The fraction of sp³-hybridized carbons (Fsp3) is 0. The molecule has 2 heterocycles. The van der Waals surface area contributed by atoms with E-state index in [4.69, 9.17) is 4.74 Å². The molecule has 0 aliphatic carbocycles. The summed E-state index contributed by atoms with van der Waals surface area (Å²) < 4.78 is 30.4. The number of ether oxygens (including phenoxy) is 1. The summed E-state index contributed by atoms with van der Waals surface area (Å²) in [5.74, 6) is -1.34. The molecule has 0 spiro atoms. The lowest BCUT2D eigenvalue weighted by molar-refractivity contribution is 0.393. The molecule has 2 rings (SSSR count). The van der Waals surface area contributed by atoms with Crippen LogP contribution in [-0.2, 0) is 0 Å². The van der Waals surface area contributed by atoms with E-state index in [9.17, 15) is 8.78 Å². The molecule has 2 aromatic heterocycles. The van der Waals surface area contributed by atoms with Crippen LogP contribution in [0, 0.1) is 11.6 Å². The number of aromatic amines is 2. The Balaban J connectivity index is 2.24. The fourth-order valence-electron chi connectivity index (χ4n) is 0.929. The summed E-state index contributed by atoms with van der Waals surface area (Å²) in [5.41, 5.74) is 0. The molecular formula is C8H6F2N2O. The third-order valence-electron chi connectivity index (χ3n) is 1.53. The summed E-state index contributed by atoms with van der Waals surface area (Å²) in [6.45, 7) is 0. The smallest absolute Gasteiger partial charge is 0.235 e. The second-order valence-electron chi connectivity index (χ2n) is 2.41. The van der Waals surface area contributed by atoms with Crippen molar-refractivity contribution in [1.29, 1.82) is 0 Å². The van der Waals surface area contributed by atoms with Gasteiger partial charge in [0, 0.05) is 12.4 Å². The molecule has 5 heteroatoms. The van der Waals surface area contributed by atoms with Crippen LogP contribution in [-0.4, -0.2) is 9.97 Å². The Morgan fingerprint density at radius 2 is 1.38 bits per heavy atom. The van der Waals surface area contributed by atoms with Gasteiger partial charge >= 0.3 is 0 Å². The average Bonchev–Trinajstić information content (AvgIpc) is 2.65. The van der Waals surface area contributed by atoms with Crippen LogP contribution in [0.15, 0.2) is 24.5 Å². The van der Waals surface area contributed by atoms with E-state index in [1.165, 1.54) is 24.5 Å². The molecule has 0 saturated heterocycles. The molecule has 13 heavy (non-hydrogen) atoms. The zero-order valence-electron chi connectivity index (χ0n) is 6.47. The van der Waals surface area contributed by atoms with Crippen molar-refractivity contribution in [2.24, 2.45) is 0 Å². The minimum absolute atomic E-state index is 0.110. The number of halogens is 2. The standard InChI is InChI=1S/C8H6F2N2O/c9-5-1-3-11-7(5)13-8-6(10)2-4-12-8/h1-4,11-12H. The molecule has 0 radical (unpaired) electrons. The topological polar surface area (TPSA) is 40.8 Å². The molecule has 3 nitrogen and oxygen atoms in total. The first kappa shape index (κ1) is 7.85. The van der Waals surface area contributed by atoms with Crippen LogP contribution in [0.5, 0.6) is 11.8 Å². The first-order valence-corrected chi connectivity index (χ1v) is 3.61. The van der Waals surface area contributed by atoms with Crippen LogP contribution in [0.25, 0.3) is 0 Å². The Labute approximate surface area is 72.4 Å². The first-order chi connectivity index (χ1) is 6.27. The fourth-order valence-corrected chi connectivity index (χ4v) is 0.929. The molecule has 0 fully saturated rings. The maximum Gasteiger partial charge on any atom is 0.235 e. The lowest BCUT2D eigenvalue weighted by Crippen LogP contribution is -1.88. The minimum Gasteiger partial charge on any atom is -0.418 e. The van der Waals surface area contributed by atoms with Gasteiger partial charge in [0.2, 0.25) is 11.8 Å². The molecular weight excluding hydrogens is 178 g/mol. The van der Waals surface area contributed by atoms with Gasteiger partial charge in [0.05, 0.1) is 0 Å². The van der Waals surface area contributed by atoms with Gasteiger partial charge in [-0.15, -0.1) is 0 Å². The molecule has 0 aliphatic heterocycles. The quantitative estimate of drug-likeness (QED) is 0.739. The molecule has 0 saturated carbocycles. The van der Waals surface area contributed by atoms with Crippen molar-refractivity contribution < 1.29 is 13.5 Å². The van der Waals surface area contributed by atoms with Gasteiger partial charge in [-0.25, -0.2) is 8.78 Å². The number of aromatic nitrogens is 2. The van der Waals surface area contributed by atoms with Gasteiger partial charge < -0.3 is 14.7 Å². The van der Waals surface area contributed by atoms with Gasteiger partial charge in [-0.2, -0.15) is 0 Å². The third kappa shape index (κ3) is 1.40. The molecule has 0 unspecified atom stereocenters. The monoisotopic (exact) mass is 184 g/mol. The summed E-state index contributed by atoms with van der Waals surface area (Å²) in [4.78, 5) is 4.97.